The summed E-state index contributed by atoms with van der Waals surface area (Å²) < 4.78 is 63.2. The van der Waals surface area contributed by atoms with Gasteiger partial charge >= 0.3 is 0 Å². The molecular weight excluding hydrogens is 481 g/mol. The average molecular weight is 514 g/mol. The molecule has 1 amide bonds. The Morgan fingerprint density at radius 2 is 1.76 bits per heavy atom. The number of hydrogen-bond acceptors (Lipinski definition) is 7. The van der Waals surface area contributed by atoms with Crippen molar-refractivity contribution in [2.45, 2.75) is 67.6 Å². The molecule has 8 nitrogen and oxygen atoms in total. The molecule has 1 heterocycles. The molecule has 1 aromatic carbocycles. The van der Waals surface area contributed by atoms with Crippen LogP contribution in [-0.4, -0.2) is 70.5 Å². The van der Waals surface area contributed by atoms with Crippen molar-refractivity contribution in [3.8, 4) is 6.07 Å². The number of sulfone groups is 2. The van der Waals surface area contributed by atoms with Crippen LogP contribution in [0, 0.1) is 22.7 Å². The second-order valence-electron chi connectivity index (χ2n) is 10.2. The third kappa shape index (κ3) is 5.14. The number of halogens is 1. The first-order chi connectivity index (χ1) is 15.6. The minimum absolute atomic E-state index is 0.0239. The van der Waals surface area contributed by atoms with Crippen LogP contribution in [0.15, 0.2) is 34.1 Å². The lowest BCUT2D eigenvalue weighted by Gasteiger charge is -2.42. The molecule has 1 aliphatic heterocycles. The van der Waals surface area contributed by atoms with E-state index in [1.54, 1.807) is 0 Å². The topological polar surface area (TPSA) is 124 Å². The van der Waals surface area contributed by atoms with Crippen LogP contribution < -0.4 is 5.32 Å². The molecule has 2 fully saturated rings. The van der Waals surface area contributed by atoms with Gasteiger partial charge in [0.15, 0.2) is 19.7 Å². The third-order valence-electron chi connectivity index (χ3n) is 7.82. The van der Waals surface area contributed by atoms with E-state index in [0.29, 0.717) is 12.8 Å². The van der Waals surface area contributed by atoms with E-state index in [9.17, 15) is 31.3 Å². The van der Waals surface area contributed by atoms with Crippen LogP contribution in [0.25, 0.3) is 0 Å². The number of amides is 1. The molecule has 3 rings (SSSR count). The van der Waals surface area contributed by atoms with Crippen molar-refractivity contribution in [1.29, 1.82) is 5.26 Å². The highest BCUT2D eigenvalue weighted by atomic mass is 32.2. The summed E-state index contributed by atoms with van der Waals surface area (Å²) >= 11 is 0. The van der Waals surface area contributed by atoms with Crippen LogP contribution >= 0.6 is 0 Å². The third-order valence-corrected chi connectivity index (χ3v) is 10.8. The van der Waals surface area contributed by atoms with E-state index in [2.05, 4.69) is 5.32 Å². The minimum Gasteiger partial charge on any atom is -0.323 e. The molecule has 0 aromatic heterocycles. The summed E-state index contributed by atoms with van der Waals surface area (Å²) in [6.07, 6.45) is 1.16. The van der Waals surface area contributed by atoms with E-state index in [0.717, 1.165) is 6.26 Å². The first kappa shape index (κ1) is 26.6. The summed E-state index contributed by atoms with van der Waals surface area (Å²) in [6, 6.07) is 6.46. The van der Waals surface area contributed by atoms with Gasteiger partial charge in [0, 0.05) is 18.2 Å². The van der Waals surface area contributed by atoms with Crippen LogP contribution in [-0.2, 0) is 24.5 Å². The number of carbonyl (C=O) groups excluding carboxylic acids is 1. The summed E-state index contributed by atoms with van der Waals surface area (Å²) in [5.41, 5.74) is -1.03. The zero-order valence-corrected chi connectivity index (χ0v) is 21.5. The maximum atomic E-state index is 13.7. The van der Waals surface area contributed by atoms with Gasteiger partial charge in [-0.2, -0.15) is 5.26 Å². The van der Waals surface area contributed by atoms with Crippen LogP contribution in [0.2, 0.25) is 0 Å². The Morgan fingerprint density at radius 1 is 1.18 bits per heavy atom. The van der Waals surface area contributed by atoms with Crippen molar-refractivity contribution in [2.75, 3.05) is 25.1 Å². The molecule has 1 aliphatic carbocycles. The van der Waals surface area contributed by atoms with Crippen LogP contribution in [0.1, 0.15) is 40.0 Å². The molecule has 1 aromatic rings. The van der Waals surface area contributed by atoms with Crippen molar-refractivity contribution < 1.29 is 26.0 Å². The van der Waals surface area contributed by atoms with Gasteiger partial charge in [0.1, 0.15) is 12.2 Å². The lowest BCUT2D eigenvalue weighted by atomic mass is 9.72. The monoisotopic (exact) mass is 513 g/mol. The number of carbonyl (C=O) groups is 1. The molecule has 34 heavy (non-hydrogen) atoms. The lowest BCUT2D eigenvalue weighted by Crippen LogP contribution is -2.55. The van der Waals surface area contributed by atoms with Gasteiger partial charge in [0.25, 0.3) is 0 Å². The second kappa shape index (κ2) is 9.21. The summed E-state index contributed by atoms with van der Waals surface area (Å²) in [5.74, 6) is -0.644. The second-order valence-corrected chi connectivity index (χ2v) is 14.2. The Morgan fingerprint density at radius 3 is 2.32 bits per heavy atom. The van der Waals surface area contributed by atoms with Gasteiger partial charge in [-0.3, -0.25) is 4.79 Å². The summed E-state index contributed by atoms with van der Waals surface area (Å²) in [5, 5.41) is 12.5. The van der Waals surface area contributed by atoms with Crippen molar-refractivity contribution in [3.63, 3.8) is 0 Å². The molecule has 11 heteroatoms. The van der Waals surface area contributed by atoms with Gasteiger partial charge in [-0.05, 0) is 55.4 Å². The number of nitrogens with one attached hydrogen (secondary N) is 1. The zero-order chi connectivity index (χ0) is 25.5. The smallest absolute Gasteiger partial charge is 0.237 e. The van der Waals surface area contributed by atoms with E-state index >= 15 is 0 Å². The fraction of sp³-hybridized carbons (Fsp3) is 0.652. The lowest BCUT2D eigenvalue weighted by molar-refractivity contribution is -0.131. The van der Waals surface area contributed by atoms with Crippen LogP contribution in [0.3, 0.4) is 0 Å². The molecule has 0 radical (unpaired) electrons. The predicted octanol–water partition coefficient (Wildman–Crippen LogP) is 2.11. The number of nitriles is 1. The molecular formula is C23H32FN3O5S2. The van der Waals surface area contributed by atoms with Crippen molar-refractivity contribution in [3.05, 3.63) is 24.3 Å². The number of rotatable bonds is 7. The maximum absolute atomic E-state index is 13.7. The van der Waals surface area contributed by atoms with Crippen molar-refractivity contribution in [1.82, 2.24) is 10.2 Å². The highest BCUT2D eigenvalue weighted by Gasteiger charge is 2.52. The van der Waals surface area contributed by atoms with Crippen LogP contribution in [0.4, 0.5) is 4.39 Å². The molecule has 0 unspecified atom stereocenters. The number of likely N-dealkylation sites (tertiary alicyclic amines) is 1. The zero-order valence-electron chi connectivity index (χ0n) is 19.9. The van der Waals surface area contributed by atoms with Gasteiger partial charge < -0.3 is 10.2 Å². The van der Waals surface area contributed by atoms with E-state index < -0.39 is 42.8 Å². The highest BCUT2D eigenvalue weighted by molar-refractivity contribution is 7.91. The number of alkyl halides is 1. The predicted molar refractivity (Wildman–Crippen MR) is 125 cm³/mol. The highest BCUT2D eigenvalue weighted by Crippen LogP contribution is 2.50. The van der Waals surface area contributed by atoms with Gasteiger partial charge in [-0.15, -0.1) is 0 Å². The Labute approximate surface area is 201 Å². The van der Waals surface area contributed by atoms with E-state index in [1.807, 2.05) is 26.8 Å². The quantitative estimate of drug-likeness (QED) is 0.592. The maximum Gasteiger partial charge on any atom is 0.237 e. The number of nitrogens with zero attached hydrogens (tertiary/aromatic N) is 2. The molecule has 0 spiro atoms. The van der Waals surface area contributed by atoms with Gasteiger partial charge in [0.2, 0.25) is 5.91 Å². The molecule has 2 aliphatic rings. The molecule has 4 atom stereocenters. The van der Waals surface area contributed by atoms with Gasteiger partial charge in [0.05, 0.1) is 34.7 Å². The molecule has 0 bridgehead atoms. The Kier molecular flexibility index (Phi) is 7.19. The normalized spacial score (nSPS) is 29.2. The summed E-state index contributed by atoms with van der Waals surface area (Å²) in [4.78, 5) is 14.1. The van der Waals surface area contributed by atoms with E-state index in [1.165, 1.54) is 29.2 Å². The summed E-state index contributed by atoms with van der Waals surface area (Å²) in [6.45, 7) is 5.75. The van der Waals surface area contributed by atoms with Crippen molar-refractivity contribution in [2.24, 2.45) is 11.3 Å². The molecule has 1 saturated heterocycles. The fourth-order valence-corrected chi connectivity index (χ4v) is 7.50. The molecule has 1 saturated carbocycles. The van der Waals surface area contributed by atoms with E-state index in [4.69, 9.17) is 0 Å². The minimum atomic E-state index is -3.66. The first-order valence-electron chi connectivity index (χ1n) is 11.2. The van der Waals surface area contributed by atoms with Gasteiger partial charge in [-0.25, -0.2) is 21.2 Å². The Balaban J connectivity index is 1.69. The SMILES string of the molecule is CC1(C)[C@H](CS(=O)(=O)c2ccc(S(C)(=O)=O)cc2)CC[C@]1(C)NCC(=O)N1C[C@@H](F)C[C@H]1C#N. The standard InChI is InChI=1S/C23H32FN3O5S2/c1-22(2)16(15-34(31,32)20-7-5-19(6-8-20)33(4,29)30)9-10-23(22,3)26-13-21(28)27-14-17(24)11-18(27)12-25/h5-8,16-18,26H,9-11,13-15H2,1-4H3/t16-,17-,18-,23-/m0/s1. The Hall–Kier alpha value is -2.03. The fourth-order valence-electron chi connectivity index (χ4n) is 5.01. The number of hydrogen-bond donors (Lipinski definition) is 1. The molecule has 1 N–H and O–H groups in total. The van der Waals surface area contributed by atoms with E-state index in [-0.39, 0.29) is 46.9 Å². The number of benzene rings is 1. The largest absolute Gasteiger partial charge is 0.323 e. The summed E-state index contributed by atoms with van der Waals surface area (Å²) in [7, 11) is -7.09. The van der Waals surface area contributed by atoms with Crippen LogP contribution in [0.5, 0.6) is 0 Å². The first-order valence-corrected chi connectivity index (χ1v) is 14.8. The van der Waals surface area contributed by atoms with Gasteiger partial charge in [-0.1, -0.05) is 13.8 Å². The van der Waals surface area contributed by atoms with Crippen molar-refractivity contribution >= 4 is 25.6 Å². The average Bonchev–Trinajstić information content (AvgIpc) is 3.24. The molecule has 188 valence electrons. The Bertz CT molecular complexity index is 1190.